The molecule has 0 radical (unpaired) electrons. The third-order valence-corrected chi connectivity index (χ3v) is 2.93. The van der Waals surface area contributed by atoms with Crippen LogP contribution in [-0.4, -0.2) is 0 Å². The summed E-state index contributed by atoms with van der Waals surface area (Å²) in [6.45, 7) is 4.50. The molecule has 0 heterocycles. The van der Waals surface area contributed by atoms with E-state index < -0.39 is 11.6 Å². The van der Waals surface area contributed by atoms with E-state index in [9.17, 15) is 8.78 Å². The molecule has 0 aliphatic rings. The van der Waals surface area contributed by atoms with E-state index in [1.807, 2.05) is 32.0 Å². The highest BCUT2D eigenvalue weighted by molar-refractivity contribution is 5.56. The average molecular weight is 247 g/mol. The topological polar surface area (TPSA) is 12.0 Å². The maximum absolute atomic E-state index is 13.1. The summed E-state index contributed by atoms with van der Waals surface area (Å²) in [6.07, 6.45) is 0. The van der Waals surface area contributed by atoms with Gasteiger partial charge in [0.1, 0.15) is 0 Å². The molecule has 0 fully saturated rings. The molecule has 0 aromatic heterocycles. The first-order valence-electron chi connectivity index (χ1n) is 5.82. The van der Waals surface area contributed by atoms with Crippen LogP contribution in [0.25, 0.3) is 0 Å². The predicted molar refractivity (Wildman–Crippen MR) is 69.6 cm³/mol. The summed E-state index contributed by atoms with van der Waals surface area (Å²) < 4.78 is 25.9. The maximum Gasteiger partial charge on any atom is 0.159 e. The summed E-state index contributed by atoms with van der Waals surface area (Å²) in [4.78, 5) is 0. The first-order valence-corrected chi connectivity index (χ1v) is 5.82. The lowest BCUT2D eigenvalue weighted by Crippen LogP contribution is -2.03. The van der Waals surface area contributed by atoms with Gasteiger partial charge >= 0.3 is 0 Å². The average Bonchev–Trinajstić information content (AvgIpc) is 2.33. The van der Waals surface area contributed by atoms with Gasteiger partial charge in [-0.3, -0.25) is 0 Å². The first kappa shape index (κ1) is 12.6. The summed E-state index contributed by atoms with van der Waals surface area (Å²) >= 11 is 0. The van der Waals surface area contributed by atoms with Gasteiger partial charge in [-0.15, -0.1) is 0 Å². The van der Waals surface area contributed by atoms with Gasteiger partial charge in [0.25, 0.3) is 0 Å². The monoisotopic (exact) mass is 247 g/mol. The van der Waals surface area contributed by atoms with Crippen LogP contribution in [0.5, 0.6) is 0 Å². The number of para-hydroxylation sites is 1. The quantitative estimate of drug-likeness (QED) is 0.857. The van der Waals surface area contributed by atoms with Crippen LogP contribution >= 0.6 is 0 Å². The molecule has 0 aliphatic heterocycles. The molecule has 0 saturated carbocycles. The molecule has 3 heteroatoms. The third kappa shape index (κ3) is 2.67. The lowest BCUT2D eigenvalue weighted by molar-refractivity contribution is 0.507. The Morgan fingerprint density at radius 3 is 2.22 bits per heavy atom. The Labute approximate surface area is 105 Å². The van der Waals surface area contributed by atoms with Crippen molar-refractivity contribution in [3.8, 4) is 0 Å². The number of nitrogens with one attached hydrogen (secondary N) is 1. The second-order valence-corrected chi connectivity index (χ2v) is 4.37. The summed E-state index contributed by atoms with van der Waals surface area (Å²) in [5.41, 5.74) is 4.04. The van der Waals surface area contributed by atoms with Crippen molar-refractivity contribution in [2.75, 3.05) is 5.32 Å². The van der Waals surface area contributed by atoms with E-state index in [-0.39, 0.29) is 0 Å². The second-order valence-electron chi connectivity index (χ2n) is 4.37. The minimum Gasteiger partial charge on any atom is -0.381 e. The molecule has 0 amide bonds. The molecule has 1 N–H and O–H groups in total. The SMILES string of the molecule is Cc1cccc(C)c1NCc1ccc(F)c(F)c1. The van der Waals surface area contributed by atoms with Crippen LogP contribution in [0.15, 0.2) is 36.4 Å². The lowest BCUT2D eigenvalue weighted by atomic mass is 10.1. The van der Waals surface area contributed by atoms with Gasteiger partial charge in [-0.2, -0.15) is 0 Å². The molecule has 94 valence electrons. The van der Waals surface area contributed by atoms with Crippen LogP contribution < -0.4 is 5.32 Å². The number of anilines is 1. The standard InChI is InChI=1S/C15H15F2N/c1-10-4-3-5-11(2)15(10)18-9-12-6-7-13(16)14(17)8-12/h3-8,18H,9H2,1-2H3. The highest BCUT2D eigenvalue weighted by Crippen LogP contribution is 2.20. The fourth-order valence-corrected chi connectivity index (χ4v) is 1.93. The van der Waals surface area contributed by atoms with E-state index in [0.717, 1.165) is 28.4 Å². The smallest absolute Gasteiger partial charge is 0.159 e. The van der Waals surface area contributed by atoms with Crippen LogP contribution in [0.1, 0.15) is 16.7 Å². The normalized spacial score (nSPS) is 10.4. The van der Waals surface area contributed by atoms with E-state index in [2.05, 4.69) is 5.32 Å². The van der Waals surface area contributed by atoms with E-state index in [0.29, 0.717) is 6.54 Å². The Bertz CT molecular complexity index is 544. The Morgan fingerprint density at radius 2 is 1.61 bits per heavy atom. The molecule has 2 aromatic rings. The van der Waals surface area contributed by atoms with Crippen molar-refractivity contribution in [1.82, 2.24) is 0 Å². The lowest BCUT2D eigenvalue weighted by Gasteiger charge is -2.12. The van der Waals surface area contributed by atoms with Crippen LogP contribution in [-0.2, 0) is 6.54 Å². The zero-order chi connectivity index (χ0) is 13.1. The van der Waals surface area contributed by atoms with E-state index in [4.69, 9.17) is 0 Å². The number of aryl methyl sites for hydroxylation is 2. The predicted octanol–water partition coefficient (Wildman–Crippen LogP) is 4.19. The number of rotatable bonds is 3. The Kier molecular flexibility index (Phi) is 3.60. The zero-order valence-electron chi connectivity index (χ0n) is 10.4. The largest absolute Gasteiger partial charge is 0.381 e. The Hall–Kier alpha value is -1.90. The van der Waals surface area contributed by atoms with Gasteiger partial charge in [-0.05, 0) is 42.7 Å². The second kappa shape index (κ2) is 5.17. The van der Waals surface area contributed by atoms with Crippen molar-refractivity contribution in [1.29, 1.82) is 0 Å². The maximum atomic E-state index is 13.1. The van der Waals surface area contributed by atoms with Gasteiger partial charge in [0.15, 0.2) is 11.6 Å². The number of halogens is 2. The molecule has 0 aliphatic carbocycles. The van der Waals surface area contributed by atoms with E-state index >= 15 is 0 Å². The van der Waals surface area contributed by atoms with Crippen molar-refractivity contribution in [3.63, 3.8) is 0 Å². The van der Waals surface area contributed by atoms with Gasteiger partial charge in [-0.25, -0.2) is 8.78 Å². The Balaban J connectivity index is 2.14. The molecule has 2 aromatic carbocycles. The fraction of sp³-hybridized carbons (Fsp3) is 0.200. The van der Waals surface area contributed by atoms with Crippen LogP contribution in [0.3, 0.4) is 0 Å². The Morgan fingerprint density at radius 1 is 0.944 bits per heavy atom. The van der Waals surface area contributed by atoms with E-state index in [1.54, 1.807) is 6.07 Å². The van der Waals surface area contributed by atoms with Gasteiger partial charge in [-0.1, -0.05) is 24.3 Å². The molecular weight excluding hydrogens is 232 g/mol. The first-order chi connectivity index (χ1) is 8.58. The van der Waals surface area contributed by atoms with Gasteiger partial charge in [0.05, 0.1) is 0 Å². The van der Waals surface area contributed by atoms with Crippen molar-refractivity contribution in [2.45, 2.75) is 20.4 Å². The van der Waals surface area contributed by atoms with Gasteiger partial charge in [0.2, 0.25) is 0 Å². The third-order valence-electron chi connectivity index (χ3n) is 2.93. The molecule has 0 saturated heterocycles. The van der Waals surface area contributed by atoms with Crippen molar-refractivity contribution >= 4 is 5.69 Å². The summed E-state index contributed by atoms with van der Waals surface area (Å²) in [5, 5.41) is 3.26. The zero-order valence-corrected chi connectivity index (χ0v) is 10.4. The molecule has 2 rings (SSSR count). The number of hydrogen-bond acceptors (Lipinski definition) is 1. The van der Waals surface area contributed by atoms with Crippen LogP contribution in [0, 0.1) is 25.5 Å². The summed E-state index contributed by atoms with van der Waals surface area (Å²) in [5.74, 6) is -1.62. The fourth-order valence-electron chi connectivity index (χ4n) is 1.93. The van der Waals surface area contributed by atoms with Crippen molar-refractivity contribution in [3.05, 3.63) is 64.7 Å². The van der Waals surface area contributed by atoms with E-state index in [1.165, 1.54) is 6.07 Å². The minimum absolute atomic E-state index is 0.475. The molecule has 0 bridgehead atoms. The van der Waals surface area contributed by atoms with Crippen molar-refractivity contribution < 1.29 is 8.78 Å². The molecule has 0 atom stereocenters. The van der Waals surface area contributed by atoms with Crippen molar-refractivity contribution in [2.24, 2.45) is 0 Å². The summed E-state index contributed by atoms with van der Waals surface area (Å²) in [6, 6.07) is 9.97. The van der Waals surface area contributed by atoms with Gasteiger partial charge in [0, 0.05) is 12.2 Å². The highest BCUT2D eigenvalue weighted by atomic mass is 19.2. The summed E-state index contributed by atoms with van der Waals surface area (Å²) in [7, 11) is 0. The number of hydrogen-bond donors (Lipinski definition) is 1. The molecular formula is C15H15F2N. The minimum atomic E-state index is -0.814. The molecule has 1 nitrogen and oxygen atoms in total. The molecule has 0 unspecified atom stereocenters. The van der Waals surface area contributed by atoms with Crippen LogP contribution in [0.2, 0.25) is 0 Å². The highest BCUT2D eigenvalue weighted by Gasteiger charge is 2.04. The molecule has 0 spiro atoms. The molecule has 18 heavy (non-hydrogen) atoms. The van der Waals surface area contributed by atoms with Crippen LogP contribution in [0.4, 0.5) is 14.5 Å². The van der Waals surface area contributed by atoms with Gasteiger partial charge < -0.3 is 5.32 Å². The number of benzene rings is 2.